The molecule has 0 aliphatic rings. The number of nitrogens with zero attached hydrogens (tertiary/aromatic N) is 1. The van der Waals surface area contributed by atoms with Crippen molar-refractivity contribution in [3.8, 4) is 17.2 Å². The molecule has 0 fully saturated rings. The van der Waals surface area contributed by atoms with Crippen LogP contribution in [0.25, 0.3) is 11.0 Å². The van der Waals surface area contributed by atoms with Gasteiger partial charge in [0.1, 0.15) is 22.8 Å². The van der Waals surface area contributed by atoms with Crippen molar-refractivity contribution in [2.75, 3.05) is 12.4 Å². The van der Waals surface area contributed by atoms with E-state index in [1.807, 2.05) is 0 Å². The molecule has 0 saturated carbocycles. The lowest BCUT2D eigenvalue weighted by molar-refractivity contribution is -0.384. The van der Waals surface area contributed by atoms with Crippen molar-refractivity contribution in [3.05, 3.63) is 88.7 Å². The van der Waals surface area contributed by atoms with Crippen LogP contribution in [0, 0.1) is 10.1 Å². The van der Waals surface area contributed by atoms with Crippen LogP contribution in [0.5, 0.6) is 17.2 Å². The van der Waals surface area contributed by atoms with E-state index in [0.29, 0.717) is 28.2 Å². The zero-order valence-electron chi connectivity index (χ0n) is 15.8. The number of nitro groups is 1. The van der Waals surface area contributed by atoms with Gasteiger partial charge in [0.2, 0.25) is 0 Å². The van der Waals surface area contributed by atoms with Crippen LogP contribution >= 0.6 is 0 Å². The highest BCUT2D eigenvalue weighted by molar-refractivity contribution is 6.04. The molecule has 4 rings (SSSR count). The number of fused-ring (bicyclic) bond motifs is 1. The third kappa shape index (κ3) is 4.07. The van der Waals surface area contributed by atoms with Gasteiger partial charge < -0.3 is 19.2 Å². The van der Waals surface area contributed by atoms with E-state index in [1.165, 1.54) is 24.3 Å². The summed E-state index contributed by atoms with van der Waals surface area (Å²) in [4.78, 5) is 22.8. The molecule has 4 aromatic rings. The number of nitrogens with one attached hydrogen (secondary N) is 1. The zero-order chi connectivity index (χ0) is 21.1. The zero-order valence-corrected chi connectivity index (χ0v) is 15.8. The normalized spacial score (nSPS) is 10.6. The fourth-order valence-electron chi connectivity index (χ4n) is 2.84. The van der Waals surface area contributed by atoms with Gasteiger partial charge in [0.15, 0.2) is 5.76 Å². The highest BCUT2D eigenvalue weighted by Gasteiger charge is 2.15. The Bertz CT molecular complexity index is 1210. The van der Waals surface area contributed by atoms with Crippen molar-refractivity contribution in [3.63, 3.8) is 0 Å². The quantitative estimate of drug-likeness (QED) is 0.341. The summed E-state index contributed by atoms with van der Waals surface area (Å²) < 4.78 is 16.4. The average molecular weight is 404 g/mol. The Morgan fingerprint density at radius 2 is 1.57 bits per heavy atom. The van der Waals surface area contributed by atoms with Crippen molar-refractivity contribution in [2.45, 2.75) is 0 Å². The summed E-state index contributed by atoms with van der Waals surface area (Å²) in [6, 6.07) is 19.7. The number of methoxy groups -OCH3 is 1. The molecule has 8 heteroatoms. The van der Waals surface area contributed by atoms with Gasteiger partial charge in [-0.2, -0.15) is 0 Å². The monoisotopic (exact) mass is 404 g/mol. The standard InChI is InChI=1S/C22H16N2O6/c1-28-17-7-9-19(10-8-17)29-18-5-2-15(3-6-18)23-22(25)21-13-14-12-16(24(26)27)4-11-20(14)30-21/h2-13H,1H3,(H,23,25). The molecule has 0 spiro atoms. The van der Waals surface area contributed by atoms with E-state index in [0.717, 1.165) is 5.75 Å². The van der Waals surface area contributed by atoms with E-state index in [1.54, 1.807) is 55.6 Å². The molecule has 1 amide bonds. The molecule has 30 heavy (non-hydrogen) atoms. The molecule has 1 N–H and O–H groups in total. The van der Waals surface area contributed by atoms with Crippen LogP contribution in [0.3, 0.4) is 0 Å². The molecule has 150 valence electrons. The summed E-state index contributed by atoms with van der Waals surface area (Å²) in [7, 11) is 1.60. The molecule has 0 aliphatic heterocycles. The highest BCUT2D eigenvalue weighted by Crippen LogP contribution is 2.27. The third-order valence-electron chi connectivity index (χ3n) is 4.34. The Labute approximate surface area is 170 Å². The fourth-order valence-corrected chi connectivity index (χ4v) is 2.84. The summed E-state index contributed by atoms with van der Waals surface area (Å²) in [5.74, 6) is 1.60. The van der Waals surface area contributed by atoms with Gasteiger partial charge in [-0.15, -0.1) is 0 Å². The lowest BCUT2D eigenvalue weighted by Gasteiger charge is -2.08. The van der Waals surface area contributed by atoms with Crippen LogP contribution < -0.4 is 14.8 Å². The highest BCUT2D eigenvalue weighted by atomic mass is 16.6. The minimum atomic E-state index is -0.498. The Balaban J connectivity index is 1.44. The Hall–Kier alpha value is -4.33. The minimum Gasteiger partial charge on any atom is -0.497 e. The Morgan fingerprint density at radius 1 is 0.933 bits per heavy atom. The number of ether oxygens (including phenoxy) is 2. The first-order valence-electron chi connectivity index (χ1n) is 8.93. The fraction of sp³-hybridized carbons (Fsp3) is 0.0455. The largest absolute Gasteiger partial charge is 0.497 e. The molecule has 0 unspecified atom stereocenters. The summed E-state index contributed by atoms with van der Waals surface area (Å²) in [6.45, 7) is 0. The minimum absolute atomic E-state index is 0.0593. The van der Waals surface area contributed by atoms with E-state index in [2.05, 4.69) is 5.32 Å². The lowest BCUT2D eigenvalue weighted by Crippen LogP contribution is -2.10. The summed E-state index contributed by atoms with van der Waals surface area (Å²) in [5, 5.41) is 14.1. The van der Waals surface area contributed by atoms with Crippen LogP contribution in [0.1, 0.15) is 10.6 Å². The van der Waals surface area contributed by atoms with Crippen molar-refractivity contribution in [1.82, 2.24) is 0 Å². The molecule has 8 nitrogen and oxygen atoms in total. The number of carbonyl (C=O) groups is 1. The maximum absolute atomic E-state index is 12.5. The van der Waals surface area contributed by atoms with Gasteiger partial charge in [0.25, 0.3) is 11.6 Å². The van der Waals surface area contributed by atoms with Gasteiger partial charge in [0.05, 0.1) is 12.0 Å². The van der Waals surface area contributed by atoms with Gasteiger partial charge in [0, 0.05) is 23.2 Å². The van der Waals surface area contributed by atoms with Crippen LogP contribution in [0.4, 0.5) is 11.4 Å². The number of furan rings is 1. The van der Waals surface area contributed by atoms with Crippen molar-refractivity contribution < 1.29 is 23.6 Å². The van der Waals surface area contributed by atoms with Gasteiger partial charge in [-0.1, -0.05) is 0 Å². The number of carbonyl (C=O) groups excluding carboxylic acids is 1. The van der Waals surface area contributed by atoms with E-state index in [9.17, 15) is 14.9 Å². The molecular formula is C22H16N2O6. The SMILES string of the molecule is COc1ccc(Oc2ccc(NC(=O)c3cc4cc([N+](=O)[O-])ccc4o3)cc2)cc1. The summed E-state index contributed by atoms with van der Waals surface area (Å²) >= 11 is 0. The van der Waals surface area contributed by atoms with Crippen molar-refractivity contribution in [2.24, 2.45) is 0 Å². The predicted octanol–water partition coefficient (Wildman–Crippen LogP) is 5.39. The Kier molecular flexibility index (Phi) is 5.04. The van der Waals surface area contributed by atoms with E-state index >= 15 is 0 Å². The summed E-state index contributed by atoms with van der Waals surface area (Å²) in [5.41, 5.74) is 0.880. The molecular weight excluding hydrogens is 388 g/mol. The molecule has 0 radical (unpaired) electrons. The van der Waals surface area contributed by atoms with E-state index in [4.69, 9.17) is 13.9 Å². The van der Waals surface area contributed by atoms with Crippen LogP contribution in [-0.2, 0) is 0 Å². The molecule has 1 aromatic heterocycles. The summed E-state index contributed by atoms with van der Waals surface area (Å²) in [6.07, 6.45) is 0. The van der Waals surface area contributed by atoms with Gasteiger partial charge in [-0.3, -0.25) is 14.9 Å². The number of rotatable bonds is 6. The van der Waals surface area contributed by atoms with Gasteiger partial charge in [-0.25, -0.2) is 0 Å². The second kappa shape index (κ2) is 7.96. The van der Waals surface area contributed by atoms with Crippen LogP contribution in [0.2, 0.25) is 0 Å². The van der Waals surface area contributed by atoms with Gasteiger partial charge in [-0.05, 0) is 60.7 Å². The van der Waals surface area contributed by atoms with E-state index in [-0.39, 0.29) is 11.4 Å². The first-order valence-corrected chi connectivity index (χ1v) is 8.93. The maximum atomic E-state index is 12.5. The van der Waals surface area contributed by atoms with Crippen molar-refractivity contribution in [1.29, 1.82) is 0 Å². The average Bonchev–Trinajstić information content (AvgIpc) is 3.19. The molecule has 0 saturated heterocycles. The second-order valence-corrected chi connectivity index (χ2v) is 6.35. The number of nitro benzene ring substituents is 1. The van der Waals surface area contributed by atoms with E-state index < -0.39 is 10.8 Å². The molecule has 0 aliphatic carbocycles. The Morgan fingerprint density at radius 3 is 2.20 bits per heavy atom. The number of non-ortho nitro benzene ring substituents is 1. The van der Waals surface area contributed by atoms with Crippen LogP contribution in [0.15, 0.2) is 77.2 Å². The number of anilines is 1. The number of amides is 1. The van der Waals surface area contributed by atoms with Crippen LogP contribution in [-0.4, -0.2) is 17.9 Å². The number of hydrogen-bond acceptors (Lipinski definition) is 6. The number of benzene rings is 3. The van der Waals surface area contributed by atoms with Gasteiger partial charge >= 0.3 is 0 Å². The predicted molar refractivity (Wildman–Crippen MR) is 110 cm³/mol. The smallest absolute Gasteiger partial charge is 0.291 e. The maximum Gasteiger partial charge on any atom is 0.291 e. The topological polar surface area (TPSA) is 104 Å². The first-order chi connectivity index (χ1) is 14.5. The molecule has 1 heterocycles. The molecule has 0 bridgehead atoms. The second-order valence-electron chi connectivity index (χ2n) is 6.35. The van der Waals surface area contributed by atoms with Crippen molar-refractivity contribution >= 4 is 28.3 Å². The number of hydrogen-bond donors (Lipinski definition) is 1. The molecule has 0 atom stereocenters. The third-order valence-corrected chi connectivity index (χ3v) is 4.34. The lowest BCUT2D eigenvalue weighted by atomic mass is 10.2. The molecule has 3 aromatic carbocycles. The first kappa shape index (κ1) is 19.0.